The average Bonchev–Trinajstić information content (AvgIpc) is 2.51. The van der Waals surface area contributed by atoms with Gasteiger partial charge in [0.25, 0.3) is 0 Å². The predicted octanol–water partition coefficient (Wildman–Crippen LogP) is 3.96. The summed E-state index contributed by atoms with van der Waals surface area (Å²) in [6.07, 6.45) is 1.07. The number of para-hydroxylation sites is 1. The molecule has 1 atom stereocenters. The molecule has 0 saturated heterocycles. The highest BCUT2D eigenvalue weighted by Crippen LogP contribution is 2.30. The summed E-state index contributed by atoms with van der Waals surface area (Å²) in [6.45, 7) is 4.87. The second-order valence-electron chi connectivity index (χ2n) is 4.79. The lowest BCUT2D eigenvalue weighted by Gasteiger charge is -2.20. The quantitative estimate of drug-likeness (QED) is 0.857. The van der Waals surface area contributed by atoms with Crippen molar-refractivity contribution in [3.63, 3.8) is 0 Å². The van der Waals surface area contributed by atoms with Crippen molar-refractivity contribution in [1.82, 2.24) is 5.32 Å². The Kier molecular flexibility index (Phi) is 5.19. The molecule has 2 aromatic rings. The van der Waals surface area contributed by atoms with E-state index in [0.717, 1.165) is 12.2 Å². The van der Waals surface area contributed by atoms with Gasteiger partial charge in [-0.2, -0.15) is 0 Å². The van der Waals surface area contributed by atoms with Crippen LogP contribution < -0.4 is 10.1 Å². The monoisotopic (exact) mass is 269 g/mol. The maximum absolute atomic E-state index is 5.75. The first-order valence-electron chi connectivity index (χ1n) is 7.28. The molecule has 2 rings (SSSR count). The molecule has 0 radical (unpaired) electrons. The number of ether oxygens (including phenoxy) is 1. The molecule has 1 unspecified atom stereocenters. The second-order valence-corrected chi connectivity index (χ2v) is 4.79. The van der Waals surface area contributed by atoms with Crippen LogP contribution in [0.1, 0.15) is 36.6 Å². The Bertz CT molecular complexity index is 533. The standard InChI is InChI=1S/C18H23NO/c1-4-14-10-12-15(13-11-14)18(19-3)16-8-6-7-9-17(16)20-5-2/h6-13,18-19H,4-5H2,1-3H3. The average molecular weight is 269 g/mol. The largest absolute Gasteiger partial charge is 0.494 e. The fourth-order valence-corrected chi connectivity index (χ4v) is 2.45. The Morgan fingerprint density at radius 3 is 2.30 bits per heavy atom. The molecule has 0 fully saturated rings. The van der Waals surface area contributed by atoms with Crippen LogP contribution in [0.25, 0.3) is 0 Å². The van der Waals surface area contributed by atoms with E-state index in [1.165, 1.54) is 16.7 Å². The maximum Gasteiger partial charge on any atom is 0.124 e. The zero-order valence-corrected chi connectivity index (χ0v) is 12.5. The van der Waals surface area contributed by atoms with Gasteiger partial charge in [0.05, 0.1) is 12.6 Å². The van der Waals surface area contributed by atoms with E-state index in [4.69, 9.17) is 4.74 Å². The van der Waals surface area contributed by atoms with Crippen LogP contribution in [0.2, 0.25) is 0 Å². The fourth-order valence-electron chi connectivity index (χ4n) is 2.45. The summed E-state index contributed by atoms with van der Waals surface area (Å²) in [7, 11) is 1.99. The lowest BCUT2D eigenvalue weighted by atomic mass is 9.96. The molecular formula is C18H23NO. The molecule has 0 aliphatic carbocycles. The fraction of sp³-hybridized carbons (Fsp3) is 0.333. The number of nitrogens with one attached hydrogen (secondary N) is 1. The van der Waals surface area contributed by atoms with Crippen molar-refractivity contribution in [1.29, 1.82) is 0 Å². The summed E-state index contributed by atoms with van der Waals surface area (Å²) >= 11 is 0. The third-order valence-corrected chi connectivity index (χ3v) is 3.54. The topological polar surface area (TPSA) is 21.3 Å². The highest BCUT2D eigenvalue weighted by atomic mass is 16.5. The van der Waals surface area contributed by atoms with Gasteiger partial charge in [-0.3, -0.25) is 0 Å². The summed E-state index contributed by atoms with van der Waals surface area (Å²) in [5.74, 6) is 0.953. The summed E-state index contributed by atoms with van der Waals surface area (Å²) in [6, 6.07) is 17.2. The molecule has 106 valence electrons. The van der Waals surface area contributed by atoms with E-state index >= 15 is 0 Å². The third-order valence-electron chi connectivity index (χ3n) is 3.54. The van der Waals surface area contributed by atoms with E-state index in [0.29, 0.717) is 6.61 Å². The van der Waals surface area contributed by atoms with Gasteiger partial charge < -0.3 is 10.1 Å². The zero-order chi connectivity index (χ0) is 14.4. The van der Waals surface area contributed by atoms with Gasteiger partial charge in [-0.15, -0.1) is 0 Å². The number of hydrogen-bond donors (Lipinski definition) is 1. The molecule has 0 saturated carbocycles. The van der Waals surface area contributed by atoms with Crippen LogP contribution in [0, 0.1) is 0 Å². The predicted molar refractivity (Wildman–Crippen MR) is 84.3 cm³/mol. The minimum absolute atomic E-state index is 0.156. The van der Waals surface area contributed by atoms with E-state index in [1.54, 1.807) is 0 Å². The molecular weight excluding hydrogens is 246 g/mol. The molecule has 2 nitrogen and oxygen atoms in total. The van der Waals surface area contributed by atoms with Crippen LogP contribution in [0.3, 0.4) is 0 Å². The van der Waals surface area contributed by atoms with Gasteiger partial charge in [-0.05, 0) is 37.6 Å². The van der Waals surface area contributed by atoms with Crippen molar-refractivity contribution in [3.05, 3.63) is 65.2 Å². The lowest BCUT2D eigenvalue weighted by molar-refractivity contribution is 0.334. The Balaban J connectivity index is 2.35. The van der Waals surface area contributed by atoms with Crippen LogP contribution in [0.4, 0.5) is 0 Å². The van der Waals surface area contributed by atoms with E-state index in [2.05, 4.69) is 48.6 Å². The van der Waals surface area contributed by atoms with Crippen LogP contribution in [-0.4, -0.2) is 13.7 Å². The van der Waals surface area contributed by atoms with Crippen LogP contribution in [0.5, 0.6) is 5.75 Å². The molecule has 0 spiro atoms. The van der Waals surface area contributed by atoms with Gasteiger partial charge in [0.15, 0.2) is 0 Å². The van der Waals surface area contributed by atoms with Gasteiger partial charge >= 0.3 is 0 Å². The van der Waals surface area contributed by atoms with Gasteiger partial charge in [0.1, 0.15) is 5.75 Å². The van der Waals surface area contributed by atoms with Crippen LogP contribution in [-0.2, 0) is 6.42 Å². The van der Waals surface area contributed by atoms with Crippen molar-refractivity contribution in [2.45, 2.75) is 26.3 Å². The van der Waals surface area contributed by atoms with Crippen molar-refractivity contribution in [3.8, 4) is 5.75 Å². The Morgan fingerprint density at radius 2 is 1.70 bits per heavy atom. The van der Waals surface area contributed by atoms with Gasteiger partial charge in [0, 0.05) is 5.56 Å². The molecule has 0 amide bonds. The lowest BCUT2D eigenvalue weighted by Crippen LogP contribution is -2.18. The maximum atomic E-state index is 5.75. The molecule has 0 aliphatic rings. The number of rotatable bonds is 6. The van der Waals surface area contributed by atoms with Crippen LogP contribution >= 0.6 is 0 Å². The molecule has 2 aromatic carbocycles. The molecule has 0 aliphatic heterocycles. The summed E-state index contributed by atoms with van der Waals surface area (Å²) in [4.78, 5) is 0. The summed E-state index contributed by atoms with van der Waals surface area (Å²) < 4.78 is 5.75. The summed E-state index contributed by atoms with van der Waals surface area (Å²) in [5, 5.41) is 3.39. The van der Waals surface area contributed by atoms with E-state index in [1.807, 2.05) is 26.1 Å². The highest BCUT2D eigenvalue weighted by molar-refractivity contribution is 5.42. The first-order chi connectivity index (χ1) is 9.80. The minimum atomic E-state index is 0.156. The molecule has 0 bridgehead atoms. The van der Waals surface area contributed by atoms with E-state index < -0.39 is 0 Å². The molecule has 20 heavy (non-hydrogen) atoms. The Morgan fingerprint density at radius 1 is 1.00 bits per heavy atom. The van der Waals surface area contributed by atoms with Crippen molar-refractivity contribution >= 4 is 0 Å². The summed E-state index contributed by atoms with van der Waals surface area (Å²) in [5.41, 5.74) is 3.81. The highest BCUT2D eigenvalue weighted by Gasteiger charge is 2.16. The van der Waals surface area contributed by atoms with Crippen molar-refractivity contribution in [2.75, 3.05) is 13.7 Å². The SMILES string of the molecule is CCOc1ccccc1C(NC)c1ccc(CC)cc1. The first-order valence-corrected chi connectivity index (χ1v) is 7.28. The van der Waals surface area contributed by atoms with Crippen LogP contribution in [0.15, 0.2) is 48.5 Å². The van der Waals surface area contributed by atoms with E-state index in [-0.39, 0.29) is 6.04 Å². The second kappa shape index (κ2) is 7.11. The Hall–Kier alpha value is -1.80. The van der Waals surface area contributed by atoms with E-state index in [9.17, 15) is 0 Å². The molecule has 0 heterocycles. The molecule has 1 N–H and O–H groups in total. The minimum Gasteiger partial charge on any atom is -0.494 e. The smallest absolute Gasteiger partial charge is 0.124 e. The van der Waals surface area contributed by atoms with Crippen molar-refractivity contribution < 1.29 is 4.74 Å². The number of hydrogen-bond acceptors (Lipinski definition) is 2. The zero-order valence-electron chi connectivity index (χ0n) is 12.5. The van der Waals surface area contributed by atoms with Gasteiger partial charge in [0.2, 0.25) is 0 Å². The first kappa shape index (κ1) is 14.6. The van der Waals surface area contributed by atoms with Crippen molar-refractivity contribution in [2.24, 2.45) is 0 Å². The van der Waals surface area contributed by atoms with Gasteiger partial charge in [-0.1, -0.05) is 49.4 Å². The number of aryl methyl sites for hydroxylation is 1. The number of benzene rings is 2. The normalized spacial score (nSPS) is 12.2. The van der Waals surface area contributed by atoms with Gasteiger partial charge in [-0.25, -0.2) is 0 Å². The molecule has 2 heteroatoms. The third kappa shape index (κ3) is 3.20. The Labute approximate surface area is 121 Å². The molecule has 0 aromatic heterocycles.